The maximum absolute atomic E-state index is 11.1. The minimum Gasteiger partial charge on any atom is -0.392 e. The van der Waals surface area contributed by atoms with Crippen LogP contribution in [-0.4, -0.2) is 36.2 Å². The summed E-state index contributed by atoms with van der Waals surface area (Å²) in [4.78, 5) is 2.23. The van der Waals surface area contributed by atoms with Crippen LogP contribution in [0.25, 0.3) is 0 Å². The molecule has 2 aromatic carbocycles. The Morgan fingerprint density at radius 3 is 1.70 bits per heavy atom. The van der Waals surface area contributed by atoms with Gasteiger partial charge in [-0.2, -0.15) is 0 Å². The van der Waals surface area contributed by atoms with Crippen LogP contribution in [0.5, 0.6) is 0 Å². The maximum Gasteiger partial charge on any atom is 0.0675 e. The molecule has 0 amide bonds. The van der Waals surface area contributed by atoms with E-state index in [1.54, 1.807) is 0 Å². The fourth-order valence-corrected chi connectivity index (χ4v) is 3.39. The Morgan fingerprint density at radius 2 is 1.35 bits per heavy atom. The lowest BCUT2D eigenvalue weighted by Crippen LogP contribution is -2.45. The first kappa shape index (κ1) is 17.7. The lowest BCUT2D eigenvalue weighted by Gasteiger charge is -2.42. The summed E-state index contributed by atoms with van der Waals surface area (Å²) in [5, 5.41) is 11.1. The summed E-state index contributed by atoms with van der Waals surface area (Å²) >= 11 is 0. The number of aliphatic hydroxyl groups is 1. The zero-order chi connectivity index (χ0) is 16.9. The number of aliphatic hydroxyl groups excluding tert-OH is 1. The molecule has 0 saturated carbocycles. The summed E-state index contributed by atoms with van der Waals surface area (Å²) in [6.07, 6.45) is 1.18. The second kappa shape index (κ2) is 7.76. The normalized spacial score (nSPS) is 14.7. The van der Waals surface area contributed by atoms with Gasteiger partial charge in [0, 0.05) is 11.5 Å². The van der Waals surface area contributed by atoms with Gasteiger partial charge in [0.1, 0.15) is 0 Å². The zero-order valence-corrected chi connectivity index (χ0v) is 14.7. The van der Waals surface area contributed by atoms with Crippen molar-refractivity contribution < 1.29 is 5.11 Å². The van der Waals surface area contributed by atoms with Crippen LogP contribution in [-0.2, 0) is 5.41 Å². The minimum atomic E-state index is -0.422. The van der Waals surface area contributed by atoms with E-state index in [1.807, 2.05) is 12.1 Å². The Bertz CT molecular complexity index is 540. The number of hydrogen-bond acceptors (Lipinski definition) is 2. The highest BCUT2D eigenvalue weighted by Crippen LogP contribution is 2.41. The van der Waals surface area contributed by atoms with Crippen LogP contribution in [0.3, 0.4) is 0 Å². The molecule has 2 aromatic rings. The van der Waals surface area contributed by atoms with E-state index in [0.29, 0.717) is 6.04 Å². The molecule has 0 unspecified atom stereocenters. The molecule has 0 aliphatic heterocycles. The van der Waals surface area contributed by atoms with Gasteiger partial charge in [-0.15, -0.1) is 0 Å². The predicted octanol–water partition coefficient (Wildman–Crippen LogP) is 4.08. The molecule has 2 rings (SSSR count). The summed E-state index contributed by atoms with van der Waals surface area (Å²) in [6, 6.07) is 21.3. The number of hydrogen-bond donors (Lipinski definition) is 1. The summed E-state index contributed by atoms with van der Waals surface area (Å²) in [5.41, 5.74) is 1.99. The molecule has 0 heterocycles. The average molecular weight is 311 g/mol. The molecule has 0 aromatic heterocycles. The second-order valence-corrected chi connectivity index (χ2v) is 6.64. The molecule has 124 valence electrons. The van der Waals surface area contributed by atoms with Gasteiger partial charge in [0.05, 0.1) is 6.10 Å². The summed E-state index contributed by atoms with van der Waals surface area (Å²) < 4.78 is 0. The molecule has 1 N–H and O–H groups in total. The van der Waals surface area contributed by atoms with Crippen molar-refractivity contribution in [3.05, 3.63) is 71.8 Å². The summed E-state index contributed by atoms with van der Waals surface area (Å²) in [6.45, 7) is 4.29. The Kier molecular flexibility index (Phi) is 5.97. The highest BCUT2D eigenvalue weighted by molar-refractivity contribution is 5.41. The van der Waals surface area contributed by atoms with E-state index in [0.717, 1.165) is 12.8 Å². The molecular weight excluding hydrogens is 282 g/mol. The van der Waals surface area contributed by atoms with Crippen molar-refractivity contribution in [2.75, 3.05) is 14.1 Å². The molecule has 0 radical (unpaired) electrons. The van der Waals surface area contributed by atoms with Crippen LogP contribution in [0.4, 0.5) is 0 Å². The fourth-order valence-electron chi connectivity index (χ4n) is 3.39. The van der Waals surface area contributed by atoms with Gasteiger partial charge in [-0.1, -0.05) is 67.6 Å². The van der Waals surface area contributed by atoms with Crippen LogP contribution in [0, 0.1) is 0 Å². The number of benzene rings is 2. The van der Waals surface area contributed by atoms with Crippen molar-refractivity contribution in [2.24, 2.45) is 0 Å². The van der Waals surface area contributed by atoms with Crippen molar-refractivity contribution in [3.63, 3.8) is 0 Å². The molecule has 0 aliphatic carbocycles. The Labute approximate surface area is 140 Å². The van der Waals surface area contributed by atoms with Crippen molar-refractivity contribution >= 4 is 0 Å². The molecule has 0 bridgehead atoms. The van der Waals surface area contributed by atoms with Gasteiger partial charge in [0.15, 0.2) is 0 Å². The average Bonchev–Trinajstić information content (AvgIpc) is 2.60. The Morgan fingerprint density at radius 1 is 0.913 bits per heavy atom. The van der Waals surface area contributed by atoms with Gasteiger partial charge in [0.25, 0.3) is 0 Å². The smallest absolute Gasteiger partial charge is 0.0675 e. The lowest BCUT2D eigenvalue weighted by molar-refractivity contribution is 0.0773. The molecule has 2 heteroatoms. The van der Waals surface area contributed by atoms with Crippen LogP contribution < -0.4 is 0 Å². The fraction of sp³-hybridized carbons (Fsp3) is 0.429. The van der Waals surface area contributed by atoms with Gasteiger partial charge < -0.3 is 10.0 Å². The second-order valence-electron chi connectivity index (χ2n) is 6.64. The third-order valence-corrected chi connectivity index (χ3v) is 5.03. The van der Waals surface area contributed by atoms with Crippen LogP contribution in [0.2, 0.25) is 0 Å². The first-order valence-corrected chi connectivity index (χ1v) is 8.48. The van der Waals surface area contributed by atoms with Crippen molar-refractivity contribution in [1.29, 1.82) is 0 Å². The Hall–Kier alpha value is -1.64. The van der Waals surface area contributed by atoms with E-state index in [-0.39, 0.29) is 5.41 Å². The van der Waals surface area contributed by atoms with E-state index in [2.05, 4.69) is 81.4 Å². The third kappa shape index (κ3) is 3.65. The van der Waals surface area contributed by atoms with Crippen molar-refractivity contribution in [1.82, 2.24) is 4.90 Å². The first-order valence-electron chi connectivity index (χ1n) is 8.48. The van der Waals surface area contributed by atoms with Crippen molar-refractivity contribution in [2.45, 2.75) is 44.2 Å². The van der Waals surface area contributed by atoms with E-state index in [1.165, 1.54) is 11.1 Å². The first-order chi connectivity index (χ1) is 11.0. The van der Waals surface area contributed by atoms with E-state index in [4.69, 9.17) is 0 Å². The monoisotopic (exact) mass is 311 g/mol. The summed E-state index contributed by atoms with van der Waals surface area (Å²) in [7, 11) is 4.20. The molecule has 2 nitrogen and oxygen atoms in total. The van der Waals surface area contributed by atoms with Crippen LogP contribution in [0.1, 0.15) is 37.8 Å². The highest BCUT2D eigenvalue weighted by atomic mass is 16.3. The standard InChI is InChI=1S/C21H29NO/c1-5-20(23)21(16-17(2)22(3)4,18-12-8-6-9-13-18)19-14-10-7-11-15-19/h6-15,17,20,23H,5,16H2,1-4H3/t17-,20-/m0/s1. The Balaban J connectivity index is 2.63. The number of nitrogens with zero attached hydrogens (tertiary/aromatic N) is 1. The third-order valence-electron chi connectivity index (χ3n) is 5.03. The van der Waals surface area contributed by atoms with E-state index < -0.39 is 6.10 Å². The SMILES string of the molecule is CC[C@H](O)C(C[C@H](C)N(C)C)(c1ccccc1)c1ccccc1. The molecule has 23 heavy (non-hydrogen) atoms. The molecule has 0 saturated heterocycles. The van der Waals surface area contributed by atoms with Crippen LogP contribution >= 0.6 is 0 Å². The van der Waals surface area contributed by atoms with Gasteiger partial charge in [0.2, 0.25) is 0 Å². The molecule has 0 aliphatic rings. The zero-order valence-electron chi connectivity index (χ0n) is 14.7. The molecule has 0 fully saturated rings. The topological polar surface area (TPSA) is 23.5 Å². The van der Waals surface area contributed by atoms with E-state index in [9.17, 15) is 5.11 Å². The summed E-state index contributed by atoms with van der Waals surface area (Å²) in [5.74, 6) is 0. The van der Waals surface area contributed by atoms with Gasteiger partial charge >= 0.3 is 0 Å². The van der Waals surface area contributed by atoms with Gasteiger partial charge in [-0.25, -0.2) is 0 Å². The molecule has 0 spiro atoms. The quantitative estimate of drug-likeness (QED) is 0.832. The van der Waals surface area contributed by atoms with Crippen LogP contribution in [0.15, 0.2) is 60.7 Å². The predicted molar refractivity (Wildman–Crippen MR) is 97.7 cm³/mol. The highest BCUT2D eigenvalue weighted by Gasteiger charge is 2.41. The molecule has 2 atom stereocenters. The largest absolute Gasteiger partial charge is 0.392 e. The van der Waals surface area contributed by atoms with Crippen molar-refractivity contribution in [3.8, 4) is 0 Å². The molecular formula is C21H29NO. The minimum absolute atomic E-state index is 0.358. The number of rotatable bonds is 7. The van der Waals surface area contributed by atoms with Gasteiger partial charge in [-0.3, -0.25) is 0 Å². The maximum atomic E-state index is 11.1. The van der Waals surface area contributed by atoms with E-state index >= 15 is 0 Å². The van der Waals surface area contributed by atoms with Gasteiger partial charge in [-0.05, 0) is 45.0 Å². The lowest BCUT2D eigenvalue weighted by atomic mass is 9.66.